The summed E-state index contributed by atoms with van der Waals surface area (Å²) in [6.45, 7) is 2.56. The maximum Gasteiger partial charge on any atom is 0.246 e. The van der Waals surface area contributed by atoms with Gasteiger partial charge in [0.1, 0.15) is 0 Å². The molecule has 2 aliphatic rings. The van der Waals surface area contributed by atoms with E-state index in [4.69, 9.17) is 0 Å². The first kappa shape index (κ1) is 13.5. The molecule has 1 saturated carbocycles. The third kappa shape index (κ3) is 3.10. The van der Waals surface area contributed by atoms with Crippen molar-refractivity contribution in [1.82, 2.24) is 10.2 Å². The molecule has 1 aliphatic carbocycles. The first-order valence-electron chi connectivity index (χ1n) is 7.32. The van der Waals surface area contributed by atoms with E-state index in [1.807, 2.05) is 6.92 Å². The second-order valence-corrected chi connectivity index (χ2v) is 5.50. The molecule has 1 saturated heterocycles. The summed E-state index contributed by atoms with van der Waals surface area (Å²) >= 11 is 0. The van der Waals surface area contributed by atoms with E-state index in [0.717, 1.165) is 19.3 Å². The van der Waals surface area contributed by atoms with Crippen molar-refractivity contribution in [3.63, 3.8) is 0 Å². The summed E-state index contributed by atoms with van der Waals surface area (Å²) in [6.07, 6.45) is 8.58. The van der Waals surface area contributed by atoms with Crippen LogP contribution in [0.2, 0.25) is 0 Å². The summed E-state index contributed by atoms with van der Waals surface area (Å²) in [5.74, 6) is -0.0148. The Morgan fingerprint density at radius 2 is 1.83 bits per heavy atom. The topological polar surface area (TPSA) is 49.4 Å². The Hall–Kier alpha value is -0.900. The van der Waals surface area contributed by atoms with Gasteiger partial charge in [0.05, 0.1) is 12.5 Å². The van der Waals surface area contributed by atoms with Crippen LogP contribution in [0, 0.1) is 0 Å². The van der Waals surface area contributed by atoms with E-state index in [-0.39, 0.29) is 17.9 Å². The molecule has 0 radical (unpaired) electrons. The first-order chi connectivity index (χ1) is 8.72. The molecule has 0 spiro atoms. The number of rotatable bonds is 4. The predicted octanol–water partition coefficient (Wildman–Crippen LogP) is 1.84. The van der Waals surface area contributed by atoms with Crippen LogP contribution >= 0.6 is 0 Å². The van der Waals surface area contributed by atoms with Crippen LogP contribution in [0.15, 0.2) is 0 Å². The van der Waals surface area contributed by atoms with Crippen molar-refractivity contribution in [2.75, 3.05) is 6.54 Å². The third-order valence-corrected chi connectivity index (χ3v) is 3.98. The van der Waals surface area contributed by atoms with E-state index in [9.17, 15) is 9.59 Å². The lowest BCUT2D eigenvalue weighted by atomic mass is 10.1. The number of amides is 2. The molecule has 0 aromatic carbocycles. The molecular weight excluding hydrogens is 228 g/mol. The van der Waals surface area contributed by atoms with Gasteiger partial charge in [-0.1, -0.05) is 32.6 Å². The Bertz CT molecular complexity index is 309. The Balaban J connectivity index is 1.89. The van der Waals surface area contributed by atoms with E-state index < -0.39 is 0 Å². The zero-order valence-corrected chi connectivity index (χ0v) is 11.3. The number of hydrogen-bond donors (Lipinski definition) is 1. The van der Waals surface area contributed by atoms with E-state index in [1.54, 1.807) is 0 Å². The fourth-order valence-corrected chi connectivity index (χ4v) is 3.00. The van der Waals surface area contributed by atoms with E-state index in [2.05, 4.69) is 5.32 Å². The van der Waals surface area contributed by atoms with Gasteiger partial charge in [-0.05, 0) is 19.3 Å². The molecule has 1 atom stereocenters. The van der Waals surface area contributed by atoms with Gasteiger partial charge in [0.25, 0.3) is 0 Å². The van der Waals surface area contributed by atoms with Gasteiger partial charge in [-0.2, -0.15) is 0 Å². The van der Waals surface area contributed by atoms with Gasteiger partial charge in [-0.3, -0.25) is 14.5 Å². The van der Waals surface area contributed by atoms with Crippen molar-refractivity contribution in [2.45, 2.75) is 70.4 Å². The summed E-state index contributed by atoms with van der Waals surface area (Å²) in [7, 11) is 0. The number of hydrogen-bond acceptors (Lipinski definition) is 3. The molecule has 1 heterocycles. The largest absolute Gasteiger partial charge is 0.303 e. The van der Waals surface area contributed by atoms with Gasteiger partial charge in [0.15, 0.2) is 0 Å². The SMILES string of the molecule is CCCN1C(=O)CC(NC2CCCCCC2)C1=O. The van der Waals surface area contributed by atoms with Crippen molar-refractivity contribution in [2.24, 2.45) is 0 Å². The van der Waals surface area contributed by atoms with Gasteiger partial charge in [0.2, 0.25) is 11.8 Å². The molecule has 1 N–H and O–H groups in total. The zero-order valence-electron chi connectivity index (χ0n) is 11.3. The second-order valence-electron chi connectivity index (χ2n) is 5.50. The minimum atomic E-state index is -0.257. The number of carbonyl (C=O) groups excluding carboxylic acids is 2. The molecule has 0 bridgehead atoms. The predicted molar refractivity (Wildman–Crippen MR) is 70.0 cm³/mol. The molecule has 2 amide bonds. The fourth-order valence-electron chi connectivity index (χ4n) is 3.00. The molecule has 18 heavy (non-hydrogen) atoms. The Kier molecular flexibility index (Phi) is 4.75. The van der Waals surface area contributed by atoms with E-state index >= 15 is 0 Å². The normalized spacial score (nSPS) is 26.7. The third-order valence-electron chi connectivity index (χ3n) is 3.98. The molecule has 2 fully saturated rings. The van der Waals surface area contributed by atoms with Crippen molar-refractivity contribution in [3.05, 3.63) is 0 Å². The highest BCUT2D eigenvalue weighted by Gasteiger charge is 2.38. The molecule has 1 aliphatic heterocycles. The molecule has 1 unspecified atom stereocenters. The number of carbonyl (C=O) groups is 2. The summed E-state index contributed by atoms with van der Waals surface area (Å²) in [5.41, 5.74) is 0. The van der Waals surface area contributed by atoms with Crippen molar-refractivity contribution >= 4 is 11.8 Å². The Morgan fingerprint density at radius 1 is 1.17 bits per heavy atom. The number of imide groups is 1. The minimum Gasteiger partial charge on any atom is -0.303 e. The maximum atomic E-state index is 12.1. The summed E-state index contributed by atoms with van der Waals surface area (Å²) < 4.78 is 0. The van der Waals surface area contributed by atoms with Crippen molar-refractivity contribution in [1.29, 1.82) is 0 Å². The summed E-state index contributed by atoms with van der Waals surface area (Å²) in [6, 6.07) is 0.169. The quantitative estimate of drug-likeness (QED) is 0.613. The molecule has 0 aromatic rings. The number of likely N-dealkylation sites (tertiary alicyclic amines) is 1. The van der Waals surface area contributed by atoms with Crippen molar-refractivity contribution < 1.29 is 9.59 Å². The first-order valence-corrected chi connectivity index (χ1v) is 7.32. The lowest BCUT2D eigenvalue weighted by Gasteiger charge is -2.20. The Labute approximate surface area is 109 Å². The average molecular weight is 252 g/mol. The fraction of sp³-hybridized carbons (Fsp3) is 0.857. The van der Waals surface area contributed by atoms with Crippen molar-refractivity contribution in [3.8, 4) is 0 Å². The van der Waals surface area contributed by atoms with Crippen LogP contribution in [0.1, 0.15) is 58.3 Å². The van der Waals surface area contributed by atoms with Gasteiger partial charge < -0.3 is 5.32 Å². The molecule has 0 aromatic heterocycles. The van der Waals surface area contributed by atoms with E-state index in [1.165, 1.54) is 30.6 Å². The van der Waals surface area contributed by atoms with Gasteiger partial charge in [-0.25, -0.2) is 0 Å². The second kappa shape index (κ2) is 6.32. The van der Waals surface area contributed by atoms with Gasteiger partial charge >= 0.3 is 0 Å². The standard InChI is InChI=1S/C14H24N2O2/c1-2-9-16-13(17)10-12(14(16)18)15-11-7-5-3-4-6-8-11/h11-12,15H,2-10H2,1H3. The highest BCUT2D eigenvalue weighted by Crippen LogP contribution is 2.20. The molecular formula is C14H24N2O2. The van der Waals surface area contributed by atoms with Crippen LogP contribution in [0.4, 0.5) is 0 Å². The number of nitrogens with zero attached hydrogens (tertiary/aromatic N) is 1. The minimum absolute atomic E-state index is 0.00651. The summed E-state index contributed by atoms with van der Waals surface area (Å²) in [4.78, 5) is 25.3. The highest BCUT2D eigenvalue weighted by atomic mass is 16.2. The zero-order chi connectivity index (χ0) is 13.0. The maximum absolute atomic E-state index is 12.1. The molecule has 2 rings (SSSR count). The van der Waals surface area contributed by atoms with Crippen LogP contribution in [-0.4, -0.2) is 35.3 Å². The molecule has 102 valence electrons. The van der Waals surface area contributed by atoms with Gasteiger partial charge in [-0.15, -0.1) is 0 Å². The number of nitrogens with one attached hydrogen (secondary N) is 1. The van der Waals surface area contributed by atoms with Gasteiger partial charge in [0, 0.05) is 12.6 Å². The van der Waals surface area contributed by atoms with Crippen LogP contribution in [0.25, 0.3) is 0 Å². The lowest BCUT2D eigenvalue weighted by molar-refractivity contribution is -0.138. The smallest absolute Gasteiger partial charge is 0.246 e. The van der Waals surface area contributed by atoms with E-state index in [0.29, 0.717) is 19.0 Å². The van der Waals surface area contributed by atoms with Crippen LogP contribution < -0.4 is 5.32 Å². The lowest BCUT2D eigenvalue weighted by Crippen LogP contribution is -2.43. The van der Waals surface area contributed by atoms with Crippen LogP contribution in [0.5, 0.6) is 0 Å². The van der Waals surface area contributed by atoms with Crippen LogP contribution in [0.3, 0.4) is 0 Å². The average Bonchev–Trinajstić information content (AvgIpc) is 2.58. The molecule has 4 nitrogen and oxygen atoms in total. The summed E-state index contributed by atoms with van der Waals surface area (Å²) in [5, 5.41) is 3.41. The Morgan fingerprint density at radius 3 is 2.44 bits per heavy atom. The highest BCUT2D eigenvalue weighted by molar-refractivity contribution is 6.05. The molecule has 4 heteroatoms. The monoisotopic (exact) mass is 252 g/mol. The van der Waals surface area contributed by atoms with Crippen LogP contribution in [-0.2, 0) is 9.59 Å².